The van der Waals surface area contributed by atoms with E-state index in [4.69, 9.17) is 4.42 Å². The van der Waals surface area contributed by atoms with Crippen LogP contribution in [0.2, 0.25) is 0 Å². The summed E-state index contributed by atoms with van der Waals surface area (Å²) in [6.45, 7) is 2.24. The molecule has 2 aromatic carbocycles. The highest BCUT2D eigenvalue weighted by Crippen LogP contribution is 2.31. The summed E-state index contributed by atoms with van der Waals surface area (Å²) in [6, 6.07) is 14.4. The first-order chi connectivity index (χ1) is 11.3. The van der Waals surface area contributed by atoms with Crippen LogP contribution < -0.4 is 0 Å². The second-order valence-electron chi connectivity index (χ2n) is 5.99. The summed E-state index contributed by atoms with van der Waals surface area (Å²) in [6.07, 6.45) is 8.80. The van der Waals surface area contributed by atoms with E-state index < -0.39 is 0 Å². The van der Waals surface area contributed by atoms with Gasteiger partial charge in [0.25, 0.3) is 0 Å². The van der Waals surface area contributed by atoms with Gasteiger partial charge in [-0.1, -0.05) is 56.5 Å². The van der Waals surface area contributed by atoms with Gasteiger partial charge in [0.1, 0.15) is 5.58 Å². The summed E-state index contributed by atoms with van der Waals surface area (Å²) < 4.78 is 5.61. The minimum Gasteiger partial charge on any atom is -0.464 e. The number of aldehydes is 1. The van der Waals surface area contributed by atoms with E-state index in [0.29, 0.717) is 5.56 Å². The Morgan fingerprint density at radius 2 is 1.78 bits per heavy atom. The summed E-state index contributed by atoms with van der Waals surface area (Å²) in [5.41, 5.74) is 4.99. The second kappa shape index (κ2) is 7.28. The summed E-state index contributed by atoms with van der Waals surface area (Å²) in [5.74, 6) is 0. The number of hydrogen-bond donors (Lipinski definition) is 0. The maximum atomic E-state index is 11.1. The molecule has 0 amide bonds. The lowest BCUT2D eigenvalue weighted by atomic mass is 9.98. The van der Waals surface area contributed by atoms with Crippen molar-refractivity contribution >= 4 is 17.3 Å². The largest absolute Gasteiger partial charge is 0.464 e. The summed E-state index contributed by atoms with van der Waals surface area (Å²) >= 11 is 0. The molecule has 2 heteroatoms. The fourth-order valence-electron chi connectivity index (χ4n) is 3.02. The Morgan fingerprint density at radius 3 is 2.52 bits per heavy atom. The normalized spacial score (nSPS) is 11.0. The first-order valence-corrected chi connectivity index (χ1v) is 8.38. The van der Waals surface area contributed by atoms with Crippen LogP contribution in [0.4, 0.5) is 0 Å². The van der Waals surface area contributed by atoms with Crippen molar-refractivity contribution in [3.63, 3.8) is 0 Å². The summed E-state index contributed by atoms with van der Waals surface area (Å²) in [7, 11) is 0. The van der Waals surface area contributed by atoms with E-state index in [1.807, 2.05) is 18.2 Å². The molecular weight excluding hydrogens is 284 g/mol. The van der Waals surface area contributed by atoms with Crippen molar-refractivity contribution in [3.8, 4) is 11.1 Å². The standard InChI is InChI=1S/C21H22O2/c1-2-3-4-5-6-16-7-9-17(10-8-16)19-12-11-18(15-22)20-13-14-23-21(19)20/h7-15H,2-6H2,1H3. The molecule has 118 valence electrons. The van der Waals surface area contributed by atoms with Gasteiger partial charge in [-0.05, 0) is 36.1 Å². The highest BCUT2D eigenvalue weighted by molar-refractivity contribution is 6.02. The van der Waals surface area contributed by atoms with Gasteiger partial charge in [0.15, 0.2) is 6.29 Å². The number of unbranched alkanes of at least 4 members (excludes halogenated alkanes) is 3. The molecule has 0 saturated carbocycles. The minimum atomic E-state index is 0.671. The summed E-state index contributed by atoms with van der Waals surface area (Å²) in [4.78, 5) is 11.1. The molecule has 0 aliphatic carbocycles. The fraction of sp³-hybridized carbons (Fsp3) is 0.286. The third-order valence-corrected chi connectivity index (χ3v) is 4.36. The van der Waals surface area contributed by atoms with Crippen LogP contribution in [-0.4, -0.2) is 6.29 Å². The van der Waals surface area contributed by atoms with Gasteiger partial charge in [0.2, 0.25) is 0 Å². The Kier molecular flexibility index (Phi) is 4.92. The highest BCUT2D eigenvalue weighted by atomic mass is 16.3. The number of fused-ring (bicyclic) bond motifs is 1. The maximum absolute atomic E-state index is 11.1. The molecular formula is C21H22O2. The van der Waals surface area contributed by atoms with Crippen LogP contribution >= 0.6 is 0 Å². The number of carbonyl (C=O) groups is 1. The third kappa shape index (κ3) is 3.37. The zero-order chi connectivity index (χ0) is 16.1. The molecule has 0 fully saturated rings. The average molecular weight is 306 g/mol. The number of benzene rings is 2. The van der Waals surface area contributed by atoms with Gasteiger partial charge in [-0.2, -0.15) is 0 Å². The lowest BCUT2D eigenvalue weighted by molar-refractivity contribution is 0.112. The molecule has 1 aromatic heterocycles. The predicted molar refractivity (Wildman–Crippen MR) is 94.9 cm³/mol. The minimum absolute atomic E-state index is 0.671. The lowest BCUT2D eigenvalue weighted by Crippen LogP contribution is -1.88. The molecule has 3 aromatic rings. The van der Waals surface area contributed by atoms with Crippen LogP contribution in [-0.2, 0) is 6.42 Å². The lowest BCUT2D eigenvalue weighted by Gasteiger charge is -2.06. The molecule has 0 unspecified atom stereocenters. The topological polar surface area (TPSA) is 30.2 Å². The molecule has 3 rings (SSSR count). The summed E-state index contributed by atoms with van der Waals surface area (Å²) in [5, 5.41) is 0.876. The van der Waals surface area contributed by atoms with E-state index in [9.17, 15) is 4.79 Å². The van der Waals surface area contributed by atoms with Gasteiger partial charge < -0.3 is 4.42 Å². The van der Waals surface area contributed by atoms with Crippen LogP contribution in [0.1, 0.15) is 48.5 Å². The number of aryl methyl sites for hydroxylation is 1. The van der Waals surface area contributed by atoms with E-state index in [2.05, 4.69) is 31.2 Å². The van der Waals surface area contributed by atoms with Gasteiger partial charge >= 0.3 is 0 Å². The molecule has 0 atom stereocenters. The predicted octanol–water partition coefficient (Wildman–Crippen LogP) is 6.04. The number of carbonyl (C=O) groups excluding carboxylic acids is 1. The van der Waals surface area contributed by atoms with Crippen molar-refractivity contribution in [3.05, 3.63) is 59.9 Å². The zero-order valence-corrected chi connectivity index (χ0v) is 13.5. The fourth-order valence-corrected chi connectivity index (χ4v) is 3.02. The van der Waals surface area contributed by atoms with Crippen LogP contribution in [0.3, 0.4) is 0 Å². The second-order valence-corrected chi connectivity index (χ2v) is 5.99. The molecule has 0 N–H and O–H groups in total. The SMILES string of the molecule is CCCCCCc1ccc(-c2ccc(C=O)c3ccoc23)cc1. The molecule has 23 heavy (non-hydrogen) atoms. The molecule has 1 heterocycles. The molecule has 2 nitrogen and oxygen atoms in total. The Bertz CT molecular complexity index is 781. The van der Waals surface area contributed by atoms with Gasteiger partial charge in [0.05, 0.1) is 6.26 Å². The molecule has 0 bridgehead atoms. The smallest absolute Gasteiger partial charge is 0.150 e. The zero-order valence-electron chi connectivity index (χ0n) is 13.5. The van der Waals surface area contributed by atoms with E-state index in [1.54, 1.807) is 6.26 Å². The first kappa shape index (κ1) is 15.5. The quantitative estimate of drug-likeness (QED) is 0.394. The van der Waals surface area contributed by atoms with Crippen molar-refractivity contribution in [1.29, 1.82) is 0 Å². The number of rotatable bonds is 7. The van der Waals surface area contributed by atoms with E-state index >= 15 is 0 Å². The van der Waals surface area contributed by atoms with Gasteiger partial charge in [-0.3, -0.25) is 4.79 Å². The van der Waals surface area contributed by atoms with Crippen LogP contribution in [0.5, 0.6) is 0 Å². The van der Waals surface area contributed by atoms with Crippen molar-refractivity contribution in [2.45, 2.75) is 39.0 Å². The average Bonchev–Trinajstić information content (AvgIpc) is 3.08. The first-order valence-electron chi connectivity index (χ1n) is 8.38. The monoisotopic (exact) mass is 306 g/mol. The highest BCUT2D eigenvalue weighted by Gasteiger charge is 2.10. The van der Waals surface area contributed by atoms with Crippen LogP contribution in [0, 0.1) is 0 Å². The number of furan rings is 1. The Balaban J connectivity index is 1.82. The molecule has 0 spiro atoms. The van der Waals surface area contributed by atoms with Crippen LogP contribution in [0.25, 0.3) is 22.1 Å². The molecule has 0 aliphatic heterocycles. The van der Waals surface area contributed by atoms with E-state index in [1.165, 1.54) is 31.2 Å². The van der Waals surface area contributed by atoms with Crippen molar-refractivity contribution < 1.29 is 9.21 Å². The van der Waals surface area contributed by atoms with E-state index in [-0.39, 0.29) is 0 Å². The van der Waals surface area contributed by atoms with Crippen molar-refractivity contribution in [2.75, 3.05) is 0 Å². The Morgan fingerprint density at radius 1 is 0.957 bits per heavy atom. The van der Waals surface area contributed by atoms with Gasteiger partial charge in [0, 0.05) is 16.5 Å². The van der Waals surface area contributed by atoms with Crippen molar-refractivity contribution in [2.24, 2.45) is 0 Å². The molecule has 0 saturated heterocycles. The van der Waals surface area contributed by atoms with Crippen molar-refractivity contribution in [1.82, 2.24) is 0 Å². The van der Waals surface area contributed by atoms with Gasteiger partial charge in [-0.25, -0.2) is 0 Å². The van der Waals surface area contributed by atoms with Crippen LogP contribution in [0.15, 0.2) is 53.1 Å². The Labute approximate surface area is 137 Å². The molecule has 0 aliphatic rings. The molecule has 0 radical (unpaired) electrons. The maximum Gasteiger partial charge on any atom is 0.150 e. The number of hydrogen-bond acceptors (Lipinski definition) is 2. The van der Waals surface area contributed by atoms with E-state index in [0.717, 1.165) is 34.8 Å². The Hall–Kier alpha value is -2.35. The van der Waals surface area contributed by atoms with Gasteiger partial charge in [-0.15, -0.1) is 0 Å². The third-order valence-electron chi connectivity index (χ3n) is 4.36.